The summed E-state index contributed by atoms with van der Waals surface area (Å²) in [7, 11) is 0. The number of nitrogens with one attached hydrogen (secondary N) is 2. The van der Waals surface area contributed by atoms with Crippen LogP contribution in [0.25, 0.3) is 0 Å². The number of aliphatic carboxylic acids is 1. The second kappa shape index (κ2) is 8.51. The van der Waals surface area contributed by atoms with Crippen LogP contribution in [0.4, 0.5) is 0 Å². The SMILES string of the molecule is O=C(CBr)N[C@@H]1C(=O)N2C(C(=O)O)=C(C(=C3CCNC3=O)C3CC3)CS[C@H]12.[H-].[Na+]. The summed E-state index contributed by atoms with van der Waals surface area (Å²) in [5.74, 6) is -1.47. The summed E-state index contributed by atoms with van der Waals surface area (Å²) in [5.41, 5.74) is 2.01. The zero-order valence-corrected chi connectivity index (χ0v) is 19.7. The van der Waals surface area contributed by atoms with Gasteiger partial charge in [0.05, 0.1) is 5.33 Å². The number of carboxylic acid groups (broad SMARTS) is 1. The normalized spacial score (nSPS) is 28.1. The Morgan fingerprint density at radius 3 is 2.61 bits per heavy atom. The maximum Gasteiger partial charge on any atom is 1.00 e. The van der Waals surface area contributed by atoms with Gasteiger partial charge < -0.3 is 17.2 Å². The van der Waals surface area contributed by atoms with Crippen LogP contribution in [-0.4, -0.2) is 62.7 Å². The molecule has 28 heavy (non-hydrogen) atoms. The molecule has 3 heterocycles. The standard InChI is InChI=1S/C17H18BrN3O5S.Na.H/c18-5-10(22)20-12-15(24)21-13(17(25)26)9(6-27-16(12)21)11(7-1-2-7)8-3-4-19-14(8)23;;/h7,12,16H,1-6H2,(H,19,23)(H,20,22)(H,25,26);;/q;+1;-1/t12-,16-;;/m1../s1. The van der Waals surface area contributed by atoms with Gasteiger partial charge in [0, 0.05) is 17.9 Å². The van der Waals surface area contributed by atoms with Crippen molar-refractivity contribution in [3.05, 3.63) is 22.4 Å². The number of alkyl halides is 1. The summed E-state index contributed by atoms with van der Waals surface area (Å²) in [6.45, 7) is 0.555. The number of β-lactam (4-membered cyclic amide) rings is 1. The van der Waals surface area contributed by atoms with E-state index in [4.69, 9.17) is 0 Å². The van der Waals surface area contributed by atoms with Crippen molar-refractivity contribution in [1.29, 1.82) is 0 Å². The fourth-order valence-electron chi connectivity index (χ4n) is 3.86. The number of carbonyl (C=O) groups is 4. The molecule has 0 radical (unpaired) electrons. The first-order valence-corrected chi connectivity index (χ1v) is 10.9. The van der Waals surface area contributed by atoms with Crippen LogP contribution in [0.2, 0.25) is 0 Å². The van der Waals surface area contributed by atoms with Crippen LogP contribution < -0.4 is 40.2 Å². The van der Waals surface area contributed by atoms with Gasteiger partial charge in [0.2, 0.25) is 11.8 Å². The van der Waals surface area contributed by atoms with Gasteiger partial charge in [-0.25, -0.2) is 4.79 Å². The van der Waals surface area contributed by atoms with Gasteiger partial charge in [-0.1, -0.05) is 15.9 Å². The molecule has 0 aromatic carbocycles. The number of amides is 3. The quantitative estimate of drug-likeness (QED) is 0.173. The third kappa shape index (κ3) is 3.69. The van der Waals surface area contributed by atoms with Crippen molar-refractivity contribution in [1.82, 2.24) is 15.5 Å². The number of hydrogen-bond donors (Lipinski definition) is 3. The zero-order valence-electron chi connectivity index (χ0n) is 16.3. The van der Waals surface area contributed by atoms with Crippen LogP contribution >= 0.6 is 27.7 Å². The van der Waals surface area contributed by atoms with Gasteiger partial charge in [-0.2, -0.15) is 0 Å². The van der Waals surface area contributed by atoms with E-state index in [-0.39, 0.29) is 59.7 Å². The minimum Gasteiger partial charge on any atom is -1.00 e. The maximum absolute atomic E-state index is 12.6. The smallest absolute Gasteiger partial charge is 1.00 e. The van der Waals surface area contributed by atoms with Crippen LogP contribution in [0.1, 0.15) is 20.7 Å². The average Bonchev–Trinajstić information content (AvgIpc) is 3.40. The predicted molar refractivity (Wildman–Crippen MR) is 102 cm³/mol. The predicted octanol–water partition coefficient (Wildman–Crippen LogP) is -2.54. The van der Waals surface area contributed by atoms with Crippen molar-refractivity contribution in [2.45, 2.75) is 30.7 Å². The van der Waals surface area contributed by atoms with E-state index < -0.39 is 23.3 Å². The Morgan fingerprint density at radius 2 is 2.07 bits per heavy atom. The van der Waals surface area contributed by atoms with E-state index in [9.17, 15) is 24.3 Å². The molecular weight excluding hydrogens is 461 g/mol. The van der Waals surface area contributed by atoms with Crippen molar-refractivity contribution < 1.29 is 55.3 Å². The first-order chi connectivity index (χ1) is 12.9. The number of thioether (sulfide) groups is 1. The van der Waals surface area contributed by atoms with Gasteiger partial charge >= 0.3 is 35.5 Å². The Kier molecular flexibility index (Phi) is 6.65. The van der Waals surface area contributed by atoms with Gasteiger partial charge in [0.25, 0.3) is 5.91 Å². The number of carboxylic acids is 1. The molecule has 0 bridgehead atoms. The van der Waals surface area contributed by atoms with Gasteiger partial charge in [-0.05, 0) is 36.3 Å². The van der Waals surface area contributed by atoms with Gasteiger partial charge in [-0.3, -0.25) is 19.3 Å². The van der Waals surface area contributed by atoms with Crippen molar-refractivity contribution in [2.24, 2.45) is 5.92 Å². The van der Waals surface area contributed by atoms with Gasteiger partial charge in [-0.15, -0.1) is 11.8 Å². The first-order valence-electron chi connectivity index (χ1n) is 8.72. The van der Waals surface area contributed by atoms with E-state index in [1.165, 1.54) is 16.7 Å². The second-order valence-corrected chi connectivity index (χ2v) is 8.56. The number of halogens is 1. The summed E-state index contributed by atoms with van der Waals surface area (Å²) in [5, 5.41) is 14.9. The Morgan fingerprint density at radius 1 is 1.36 bits per heavy atom. The summed E-state index contributed by atoms with van der Waals surface area (Å²) >= 11 is 4.47. The maximum atomic E-state index is 12.6. The van der Waals surface area contributed by atoms with Crippen molar-refractivity contribution >= 4 is 51.4 Å². The summed E-state index contributed by atoms with van der Waals surface area (Å²) in [4.78, 5) is 49.7. The van der Waals surface area contributed by atoms with Crippen molar-refractivity contribution in [3.63, 3.8) is 0 Å². The molecule has 1 saturated carbocycles. The molecule has 11 heteroatoms. The second-order valence-electron chi connectivity index (χ2n) is 6.89. The molecular formula is C17H19BrN3NaO5S. The number of rotatable bonds is 5. The molecule has 0 spiro atoms. The molecule has 4 aliphatic rings. The number of carbonyl (C=O) groups excluding carboxylic acids is 3. The zero-order chi connectivity index (χ0) is 19.3. The van der Waals surface area contributed by atoms with Crippen molar-refractivity contribution in [3.8, 4) is 0 Å². The fourth-order valence-corrected chi connectivity index (χ4v) is 5.39. The number of nitrogens with zero attached hydrogens (tertiary/aromatic N) is 1. The molecule has 146 valence electrons. The molecule has 3 N–H and O–H groups in total. The summed E-state index contributed by atoms with van der Waals surface area (Å²) in [6.07, 6.45) is 2.43. The monoisotopic (exact) mass is 479 g/mol. The van der Waals surface area contributed by atoms with Crippen LogP contribution in [0.5, 0.6) is 0 Å². The van der Waals surface area contributed by atoms with E-state index in [0.717, 1.165) is 18.4 Å². The average molecular weight is 480 g/mol. The van der Waals surface area contributed by atoms with E-state index in [2.05, 4.69) is 26.6 Å². The van der Waals surface area contributed by atoms with E-state index in [0.29, 0.717) is 29.9 Å². The van der Waals surface area contributed by atoms with Crippen LogP contribution in [0, 0.1) is 5.92 Å². The van der Waals surface area contributed by atoms with E-state index in [1.54, 1.807) is 0 Å². The van der Waals surface area contributed by atoms with Gasteiger partial charge in [0.15, 0.2) is 0 Å². The number of hydrogen-bond acceptors (Lipinski definition) is 5. The molecule has 2 saturated heterocycles. The molecule has 8 nitrogen and oxygen atoms in total. The molecule has 2 atom stereocenters. The summed E-state index contributed by atoms with van der Waals surface area (Å²) in [6, 6.07) is -0.720. The molecule has 3 fully saturated rings. The number of allylic oxidation sites excluding steroid dienone is 1. The number of fused-ring (bicyclic) bond motifs is 1. The molecule has 3 amide bonds. The molecule has 4 rings (SSSR count). The largest absolute Gasteiger partial charge is 1.00 e. The van der Waals surface area contributed by atoms with Gasteiger partial charge in [0.1, 0.15) is 17.1 Å². The van der Waals surface area contributed by atoms with E-state index >= 15 is 0 Å². The topological polar surface area (TPSA) is 116 Å². The Labute approximate surface area is 197 Å². The fraction of sp³-hybridized carbons (Fsp3) is 0.529. The Bertz CT molecular complexity index is 832. The third-order valence-corrected chi connectivity index (χ3v) is 6.97. The van der Waals surface area contributed by atoms with Crippen LogP contribution in [-0.2, 0) is 19.2 Å². The van der Waals surface area contributed by atoms with Crippen LogP contribution in [0.3, 0.4) is 0 Å². The molecule has 0 unspecified atom stereocenters. The minimum atomic E-state index is -1.17. The third-order valence-electron chi connectivity index (χ3n) is 5.18. The first kappa shape index (κ1) is 21.9. The Balaban J connectivity index is 0.00000150. The minimum absolute atomic E-state index is 0. The summed E-state index contributed by atoms with van der Waals surface area (Å²) < 4.78 is 0. The molecule has 0 aromatic heterocycles. The molecule has 0 aromatic rings. The molecule has 1 aliphatic carbocycles. The van der Waals surface area contributed by atoms with Crippen LogP contribution in [0.15, 0.2) is 22.4 Å². The van der Waals surface area contributed by atoms with Crippen molar-refractivity contribution in [2.75, 3.05) is 17.6 Å². The Hall–Kier alpha value is -0.810. The molecule has 3 aliphatic heterocycles. The van der Waals surface area contributed by atoms with E-state index in [1.807, 2.05) is 0 Å².